The number of hydrogen-bond acceptors (Lipinski definition) is 3. The van der Waals surface area contributed by atoms with Crippen LogP contribution in [0.15, 0.2) is 78.9 Å². The molecule has 0 aromatic heterocycles. The zero-order chi connectivity index (χ0) is 22.5. The standard InChI is InChI=1S/C27H35N3O/c1-5-6-7-9-21(2)12-14-24-15-13-23(19-26(24)29-4)20-30-27(31)25-11-8-10-22(18-25)16-17-28-3/h5-11,13,15,18-19,28-29H,1,12,14,16-17,20H2,2-4H3,(H,30,31)/b7-6-,21-9+. The summed E-state index contributed by atoms with van der Waals surface area (Å²) in [6, 6.07) is 14.2. The van der Waals surface area contributed by atoms with Crippen LogP contribution in [0, 0.1) is 0 Å². The van der Waals surface area contributed by atoms with Gasteiger partial charge in [-0.1, -0.05) is 60.7 Å². The maximum Gasteiger partial charge on any atom is 0.251 e. The number of carbonyl (C=O) groups is 1. The average molecular weight is 418 g/mol. The van der Waals surface area contributed by atoms with Crippen molar-refractivity contribution in [1.29, 1.82) is 0 Å². The maximum absolute atomic E-state index is 12.6. The first kappa shape index (κ1) is 24.2. The second-order valence-electron chi connectivity index (χ2n) is 7.61. The van der Waals surface area contributed by atoms with Crippen LogP contribution >= 0.6 is 0 Å². The van der Waals surface area contributed by atoms with Crippen LogP contribution in [0.2, 0.25) is 0 Å². The highest BCUT2D eigenvalue weighted by Gasteiger charge is 2.08. The molecule has 164 valence electrons. The van der Waals surface area contributed by atoms with E-state index < -0.39 is 0 Å². The van der Waals surface area contributed by atoms with Crippen LogP contribution in [0.25, 0.3) is 0 Å². The van der Waals surface area contributed by atoms with Gasteiger partial charge in [-0.05, 0) is 74.7 Å². The molecule has 31 heavy (non-hydrogen) atoms. The third kappa shape index (κ3) is 8.27. The van der Waals surface area contributed by atoms with Gasteiger partial charge in [0, 0.05) is 24.8 Å². The van der Waals surface area contributed by atoms with Crippen LogP contribution in [0.1, 0.15) is 40.4 Å². The van der Waals surface area contributed by atoms with Crippen molar-refractivity contribution >= 4 is 11.6 Å². The van der Waals surface area contributed by atoms with Gasteiger partial charge >= 0.3 is 0 Å². The molecular formula is C27H35N3O. The fourth-order valence-electron chi connectivity index (χ4n) is 3.32. The van der Waals surface area contributed by atoms with Crippen LogP contribution in [-0.2, 0) is 19.4 Å². The quantitative estimate of drug-likeness (QED) is 0.424. The summed E-state index contributed by atoms with van der Waals surface area (Å²) < 4.78 is 0. The van der Waals surface area contributed by atoms with E-state index in [-0.39, 0.29) is 5.91 Å². The number of likely N-dealkylation sites (N-methyl/N-ethyl adjacent to an activating group) is 1. The van der Waals surface area contributed by atoms with Gasteiger partial charge in [-0.3, -0.25) is 4.79 Å². The molecule has 0 atom stereocenters. The van der Waals surface area contributed by atoms with Crippen molar-refractivity contribution in [2.24, 2.45) is 0 Å². The van der Waals surface area contributed by atoms with Gasteiger partial charge in [-0.25, -0.2) is 0 Å². The summed E-state index contributed by atoms with van der Waals surface area (Å²) >= 11 is 0. The Labute approximate surface area is 187 Å². The predicted molar refractivity (Wildman–Crippen MR) is 133 cm³/mol. The SMILES string of the molecule is C=C/C=C\C=C(/C)CCc1ccc(CNC(=O)c2cccc(CCNC)c2)cc1NC. The van der Waals surface area contributed by atoms with Gasteiger partial charge in [-0.2, -0.15) is 0 Å². The highest BCUT2D eigenvalue weighted by atomic mass is 16.1. The molecule has 0 aliphatic heterocycles. The van der Waals surface area contributed by atoms with Gasteiger partial charge in [0.25, 0.3) is 5.91 Å². The zero-order valence-corrected chi connectivity index (χ0v) is 19.0. The summed E-state index contributed by atoms with van der Waals surface area (Å²) in [6.07, 6.45) is 10.7. The molecule has 2 aromatic carbocycles. The summed E-state index contributed by atoms with van der Waals surface area (Å²) in [5.41, 5.74) is 6.65. The topological polar surface area (TPSA) is 53.2 Å². The lowest BCUT2D eigenvalue weighted by molar-refractivity contribution is 0.0951. The molecular weight excluding hydrogens is 382 g/mol. The number of hydrogen-bond donors (Lipinski definition) is 3. The van der Waals surface area contributed by atoms with Gasteiger partial charge in [0.05, 0.1) is 0 Å². The van der Waals surface area contributed by atoms with Crippen molar-refractivity contribution in [3.05, 3.63) is 101 Å². The highest BCUT2D eigenvalue weighted by Crippen LogP contribution is 2.21. The molecule has 4 heteroatoms. The summed E-state index contributed by atoms with van der Waals surface area (Å²) in [5.74, 6) is -0.0465. The molecule has 0 bridgehead atoms. The molecule has 0 aliphatic carbocycles. The van der Waals surface area contributed by atoms with Gasteiger partial charge in [0.15, 0.2) is 0 Å². The molecule has 2 aromatic rings. The molecule has 1 amide bonds. The van der Waals surface area contributed by atoms with E-state index in [4.69, 9.17) is 0 Å². The normalized spacial score (nSPS) is 11.5. The lowest BCUT2D eigenvalue weighted by atomic mass is 10.0. The molecule has 0 heterocycles. The van der Waals surface area contributed by atoms with Crippen LogP contribution in [0.4, 0.5) is 5.69 Å². The Balaban J connectivity index is 1.97. The first-order chi connectivity index (χ1) is 15.1. The Morgan fingerprint density at radius 3 is 2.61 bits per heavy atom. The average Bonchev–Trinajstić information content (AvgIpc) is 2.80. The molecule has 0 radical (unpaired) electrons. The smallest absolute Gasteiger partial charge is 0.251 e. The first-order valence-electron chi connectivity index (χ1n) is 10.8. The van der Waals surface area contributed by atoms with Crippen molar-refractivity contribution in [2.75, 3.05) is 26.0 Å². The number of amides is 1. The number of allylic oxidation sites excluding steroid dienone is 5. The van der Waals surface area contributed by atoms with Crippen molar-refractivity contribution in [3.63, 3.8) is 0 Å². The molecule has 2 rings (SSSR count). The monoisotopic (exact) mass is 417 g/mol. The first-order valence-corrected chi connectivity index (χ1v) is 10.8. The molecule has 0 saturated heterocycles. The molecule has 0 aliphatic rings. The molecule has 0 fully saturated rings. The van der Waals surface area contributed by atoms with E-state index in [1.807, 2.05) is 44.4 Å². The van der Waals surface area contributed by atoms with Crippen LogP contribution < -0.4 is 16.0 Å². The van der Waals surface area contributed by atoms with Gasteiger partial charge in [0.2, 0.25) is 0 Å². The Hall–Kier alpha value is -3.11. The fraction of sp³-hybridized carbons (Fsp3) is 0.296. The van der Waals surface area contributed by atoms with E-state index in [0.29, 0.717) is 12.1 Å². The molecule has 0 spiro atoms. The number of anilines is 1. The van der Waals surface area contributed by atoms with Gasteiger partial charge in [0.1, 0.15) is 0 Å². The van der Waals surface area contributed by atoms with E-state index in [2.05, 4.69) is 59.8 Å². The Bertz CT molecular complexity index is 928. The molecule has 4 nitrogen and oxygen atoms in total. The second kappa shape index (κ2) is 13.2. The predicted octanol–water partition coefficient (Wildman–Crippen LogP) is 5.04. The zero-order valence-electron chi connectivity index (χ0n) is 19.0. The summed E-state index contributed by atoms with van der Waals surface area (Å²) in [6.45, 7) is 7.22. The minimum Gasteiger partial charge on any atom is -0.388 e. The largest absolute Gasteiger partial charge is 0.388 e. The van der Waals surface area contributed by atoms with E-state index in [9.17, 15) is 4.79 Å². The van der Waals surface area contributed by atoms with Crippen LogP contribution in [0.3, 0.4) is 0 Å². The van der Waals surface area contributed by atoms with Crippen molar-refractivity contribution < 1.29 is 4.79 Å². The fourth-order valence-corrected chi connectivity index (χ4v) is 3.32. The van der Waals surface area contributed by atoms with E-state index in [0.717, 1.165) is 42.6 Å². The van der Waals surface area contributed by atoms with Gasteiger partial charge < -0.3 is 16.0 Å². The third-order valence-corrected chi connectivity index (χ3v) is 5.17. The summed E-state index contributed by atoms with van der Waals surface area (Å²) in [5, 5.41) is 9.47. The lowest BCUT2D eigenvalue weighted by Gasteiger charge is -2.13. The van der Waals surface area contributed by atoms with Crippen molar-refractivity contribution in [3.8, 4) is 0 Å². The maximum atomic E-state index is 12.6. The van der Waals surface area contributed by atoms with Crippen molar-refractivity contribution in [1.82, 2.24) is 10.6 Å². The van der Waals surface area contributed by atoms with E-state index >= 15 is 0 Å². The number of nitrogens with one attached hydrogen (secondary N) is 3. The summed E-state index contributed by atoms with van der Waals surface area (Å²) in [4.78, 5) is 12.6. The molecule has 3 N–H and O–H groups in total. The Kier molecular flexibility index (Phi) is 10.3. The lowest BCUT2D eigenvalue weighted by Crippen LogP contribution is -2.23. The van der Waals surface area contributed by atoms with E-state index in [1.165, 1.54) is 11.1 Å². The minimum absolute atomic E-state index is 0.0465. The Morgan fingerprint density at radius 1 is 1.03 bits per heavy atom. The number of aryl methyl sites for hydroxylation is 1. The van der Waals surface area contributed by atoms with Gasteiger partial charge in [-0.15, -0.1) is 0 Å². The number of rotatable bonds is 12. The van der Waals surface area contributed by atoms with E-state index in [1.54, 1.807) is 6.08 Å². The van der Waals surface area contributed by atoms with Crippen LogP contribution in [0.5, 0.6) is 0 Å². The molecule has 0 saturated carbocycles. The minimum atomic E-state index is -0.0465. The summed E-state index contributed by atoms with van der Waals surface area (Å²) in [7, 11) is 3.87. The number of carbonyl (C=O) groups excluding carboxylic acids is 1. The highest BCUT2D eigenvalue weighted by molar-refractivity contribution is 5.94. The second-order valence-corrected chi connectivity index (χ2v) is 7.61. The van der Waals surface area contributed by atoms with Crippen LogP contribution in [-0.4, -0.2) is 26.5 Å². The third-order valence-electron chi connectivity index (χ3n) is 5.17. The number of benzene rings is 2. The van der Waals surface area contributed by atoms with Crippen molar-refractivity contribution in [2.45, 2.75) is 32.7 Å². The Morgan fingerprint density at radius 2 is 1.87 bits per heavy atom. The molecule has 0 unspecified atom stereocenters.